The van der Waals surface area contributed by atoms with Crippen LogP contribution >= 0.6 is 0 Å². The van der Waals surface area contributed by atoms with Crippen LogP contribution in [0.5, 0.6) is 0 Å². The average molecular weight is 380 g/mol. The summed E-state index contributed by atoms with van der Waals surface area (Å²) in [7, 11) is 1.92. The highest BCUT2D eigenvalue weighted by atomic mass is 16.2. The summed E-state index contributed by atoms with van der Waals surface area (Å²) in [6.07, 6.45) is 2.00. The van der Waals surface area contributed by atoms with Gasteiger partial charge in [-0.05, 0) is 38.8 Å². The number of carbonyl (C=O) groups is 1. The third-order valence-corrected chi connectivity index (χ3v) is 5.34. The molecule has 6 heteroatoms. The molecule has 1 unspecified atom stereocenters. The van der Waals surface area contributed by atoms with Gasteiger partial charge in [-0.3, -0.25) is 14.6 Å². The molecule has 0 radical (unpaired) electrons. The summed E-state index contributed by atoms with van der Waals surface area (Å²) >= 11 is 0. The topological polar surface area (TPSA) is 66.8 Å². The van der Waals surface area contributed by atoms with Crippen molar-refractivity contribution in [1.29, 1.82) is 0 Å². The minimum Gasteiger partial charge on any atom is -0.331 e. The lowest BCUT2D eigenvalue weighted by molar-refractivity contribution is 0.0681. The fourth-order valence-corrected chi connectivity index (χ4v) is 3.57. The molecule has 28 heavy (non-hydrogen) atoms. The molecule has 2 aromatic heterocycles. The van der Waals surface area contributed by atoms with Crippen LogP contribution in [0.1, 0.15) is 60.2 Å². The van der Waals surface area contributed by atoms with Gasteiger partial charge in [0, 0.05) is 24.8 Å². The second kappa shape index (κ2) is 8.42. The summed E-state index contributed by atoms with van der Waals surface area (Å²) in [5, 5.41) is 11.8. The van der Waals surface area contributed by atoms with Crippen LogP contribution < -0.4 is 0 Å². The number of nitrogens with one attached hydrogen (secondary N) is 1. The van der Waals surface area contributed by atoms with Crippen LogP contribution in [-0.2, 0) is 7.05 Å². The molecule has 1 N–H and O–H groups in total. The van der Waals surface area contributed by atoms with E-state index in [-0.39, 0.29) is 11.9 Å². The molecule has 2 heterocycles. The van der Waals surface area contributed by atoms with Gasteiger partial charge in [0.2, 0.25) is 0 Å². The molecule has 0 aliphatic rings. The molecule has 6 nitrogen and oxygen atoms in total. The van der Waals surface area contributed by atoms with Gasteiger partial charge in [-0.25, -0.2) is 0 Å². The highest BCUT2D eigenvalue weighted by Gasteiger charge is 2.25. The Morgan fingerprint density at radius 1 is 1.25 bits per heavy atom. The molecule has 148 valence electrons. The van der Waals surface area contributed by atoms with Crippen LogP contribution in [0, 0.1) is 13.8 Å². The fraction of sp³-hybridized carbons (Fsp3) is 0.409. The van der Waals surface area contributed by atoms with E-state index in [1.807, 2.05) is 54.7 Å². The number of H-pyrrole nitrogens is 1. The van der Waals surface area contributed by atoms with Crippen molar-refractivity contribution in [2.75, 3.05) is 6.54 Å². The van der Waals surface area contributed by atoms with Crippen molar-refractivity contribution in [3.8, 4) is 11.3 Å². The van der Waals surface area contributed by atoms with Crippen LogP contribution in [0.4, 0.5) is 0 Å². The van der Waals surface area contributed by atoms with E-state index in [2.05, 4.69) is 41.3 Å². The summed E-state index contributed by atoms with van der Waals surface area (Å²) in [4.78, 5) is 15.2. The van der Waals surface area contributed by atoms with Crippen molar-refractivity contribution in [3.05, 3.63) is 59.0 Å². The van der Waals surface area contributed by atoms with Gasteiger partial charge < -0.3 is 4.90 Å². The first-order valence-electron chi connectivity index (χ1n) is 9.85. The van der Waals surface area contributed by atoms with E-state index in [4.69, 9.17) is 0 Å². The van der Waals surface area contributed by atoms with Crippen LogP contribution in [-0.4, -0.2) is 37.3 Å². The number of aromatic nitrogens is 4. The molecule has 0 spiro atoms. The maximum Gasteiger partial charge on any atom is 0.272 e. The van der Waals surface area contributed by atoms with Gasteiger partial charge in [0.15, 0.2) is 0 Å². The lowest BCUT2D eigenvalue weighted by Crippen LogP contribution is -2.34. The maximum absolute atomic E-state index is 13.3. The Morgan fingerprint density at radius 2 is 1.96 bits per heavy atom. The predicted octanol–water partition coefficient (Wildman–Crippen LogP) is 4.43. The number of hydrogen-bond acceptors (Lipinski definition) is 3. The van der Waals surface area contributed by atoms with Crippen LogP contribution in [0.15, 0.2) is 36.4 Å². The summed E-state index contributed by atoms with van der Waals surface area (Å²) in [6, 6.07) is 12.0. The summed E-state index contributed by atoms with van der Waals surface area (Å²) < 4.78 is 1.84. The maximum atomic E-state index is 13.3. The number of aromatic amines is 1. The lowest BCUT2D eigenvalue weighted by atomic mass is 10.1. The fourth-order valence-electron chi connectivity index (χ4n) is 3.57. The Labute approximate surface area is 166 Å². The van der Waals surface area contributed by atoms with E-state index in [1.54, 1.807) is 0 Å². The minimum absolute atomic E-state index is 0.00568. The smallest absolute Gasteiger partial charge is 0.272 e. The third kappa shape index (κ3) is 3.86. The van der Waals surface area contributed by atoms with Gasteiger partial charge in [0.05, 0.1) is 17.4 Å². The zero-order valence-electron chi connectivity index (χ0n) is 17.4. The standard InChI is InChI=1S/C22H29N5O/c1-6-7-13-27(16(3)18-11-9-8-10-12-18)22(28)20-14-19(23-24-20)21-15(2)25-26(5)17(21)4/h8-12,14,16H,6-7,13H2,1-5H3,(H,23,24). The number of carbonyl (C=O) groups excluding carboxylic acids is 1. The van der Waals surface area contributed by atoms with Crippen molar-refractivity contribution in [1.82, 2.24) is 24.9 Å². The summed E-state index contributed by atoms with van der Waals surface area (Å²) in [5.74, 6) is -0.0252. The Kier molecular flexibility index (Phi) is 5.97. The van der Waals surface area contributed by atoms with Gasteiger partial charge in [-0.2, -0.15) is 10.2 Å². The van der Waals surface area contributed by atoms with E-state index >= 15 is 0 Å². The molecular weight excluding hydrogens is 350 g/mol. The average Bonchev–Trinajstić information content (AvgIpc) is 3.27. The second-order valence-corrected chi connectivity index (χ2v) is 7.28. The Bertz CT molecular complexity index is 941. The molecule has 1 atom stereocenters. The van der Waals surface area contributed by atoms with Crippen molar-refractivity contribution in [3.63, 3.8) is 0 Å². The number of amides is 1. The highest BCUT2D eigenvalue weighted by molar-refractivity contribution is 5.93. The number of benzene rings is 1. The molecule has 3 aromatic rings. The molecule has 0 aliphatic carbocycles. The van der Waals surface area contributed by atoms with E-state index in [9.17, 15) is 4.79 Å². The normalized spacial score (nSPS) is 12.2. The van der Waals surface area contributed by atoms with Gasteiger partial charge in [0.1, 0.15) is 5.69 Å². The van der Waals surface area contributed by atoms with Gasteiger partial charge in [0.25, 0.3) is 5.91 Å². The SMILES string of the molecule is CCCCN(C(=O)c1cc(-c2c(C)nn(C)c2C)n[nH]1)C(C)c1ccccc1. The molecular formula is C22H29N5O. The Morgan fingerprint density at radius 3 is 2.57 bits per heavy atom. The van der Waals surface area contributed by atoms with Crippen molar-refractivity contribution >= 4 is 5.91 Å². The first-order valence-corrected chi connectivity index (χ1v) is 9.85. The van der Waals surface area contributed by atoms with E-state index in [0.29, 0.717) is 12.2 Å². The van der Waals surface area contributed by atoms with E-state index in [0.717, 1.165) is 41.1 Å². The molecule has 0 bridgehead atoms. The molecule has 1 aromatic carbocycles. The van der Waals surface area contributed by atoms with Gasteiger partial charge >= 0.3 is 0 Å². The second-order valence-electron chi connectivity index (χ2n) is 7.28. The zero-order chi connectivity index (χ0) is 20.3. The van der Waals surface area contributed by atoms with Crippen molar-refractivity contribution < 1.29 is 4.79 Å². The number of hydrogen-bond donors (Lipinski definition) is 1. The van der Waals surface area contributed by atoms with Crippen LogP contribution in [0.25, 0.3) is 11.3 Å². The Balaban J connectivity index is 1.90. The highest BCUT2D eigenvalue weighted by Crippen LogP contribution is 2.27. The number of unbranched alkanes of at least 4 members (excludes halogenated alkanes) is 1. The summed E-state index contributed by atoms with van der Waals surface area (Å²) in [6.45, 7) is 8.90. The van der Waals surface area contributed by atoms with Crippen LogP contribution in [0.3, 0.4) is 0 Å². The zero-order valence-corrected chi connectivity index (χ0v) is 17.4. The molecule has 0 saturated heterocycles. The summed E-state index contributed by atoms with van der Waals surface area (Å²) in [5.41, 5.74) is 5.32. The van der Waals surface area contributed by atoms with Crippen molar-refractivity contribution in [2.24, 2.45) is 7.05 Å². The minimum atomic E-state index is -0.0252. The Hall–Kier alpha value is -2.89. The third-order valence-electron chi connectivity index (χ3n) is 5.34. The monoisotopic (exact) mass is 379 g/mol. The molecule has 0 fully saturated rings. The largest absolute Gasteiger partial charge is 0.331 e. The van der Waals surface area contributed by atoms with E-state index < -0.39 is 0 Å². The van der Waals surface area contributed by atoms with Crippen LogP contribution in [0.2, 0.25) is 0 Å². The molecule has 0 aliphatic heterocycles. The van der Waals surface area contributed by atoms with Gasteiger partial charge in [-0.1, -0.05) is 43.7 Å². The first-order chi connectivity index (χ1) is 13.4. The number of rotatable bonds is 7. The first kappa shape index (κ1) is 19.9. The van der Waals surface area contributed by atoms with Gasteiger partial charge in [-0.15, -0.1) is 0 Å². The quantitative estimate of drug-likeness (QED) is 0.660. The number of nitrogens with zero attached hydrogens (tertiary/aromatic N) is 4. The van der Waals surface area contributed by atoms with Crippen molar-refractivity contribution in [2.45, 2.75) is 46.6 Å². The molecule has 1 amide bonds. The molecule has 0 saturated carbocycles. The number of aryl methyl sites for hydroxylation is 2. The lowest BCUT2D eigenvalue weighted by Gasteiger charge is -2.29. The van der Waals surface area contributed by atoms with E-state index in [1.165, 1.54) is 0 Å². The predicted molar refractivity (Wildman–Crippen MR) is 111 cm³/mol. The molecule has 3 rings (SSSR count).